The third kappa shape index (κ3) is 3.15. The van der Waals surface area contributed by atoms with Gasteiger partial charge in [-0.2, -0.15) is 4.98 Å². The minimum absolute atomic E-state index is 0.0605. The van der Waals surface area contributed by atoms with E-state index in [4.69, 9.17) is 0 Å². The van der Waals surface area contributed by atoms with Gasteiger partial charge in [0.2, 0.25) is 17.8 Å². The van der Waals surface area contributed by atoms with Gasteiger partial charge in [0.25, 0.3) is 0 Å². The Labute approximate surface area is 122 Å². The molecule has 110 valence electrons. The summed E-state index contributed by atoms with van der Waals surface area (Å²) in [7, 11) is 0. The van der Waals surface area contributed by atoms with E-state index in [9.17, 15) is 4.79 Å². The van der Waals surface area contributed by atoms with Crippen LogP contribution in [0.1, 0.15) is 18.7 Å². The van der Waals surface area contributed by atoms with E-state index >= 15 is 0 Å². The molecule has 8 nitrogen and oxygen atoms in total. The minimum Gasteiger partial charge on any atom is -0.340 e. The number of rotatable bonds is 3. The molecule has 3 heterocycles. The van der Waals surface area contributed by atoms with E-state index in [1.54, 1.807) is 25.4 Å². The number of aryl methyl sites for hydroxylation is 1. The highest BCUT2D eigenvalue weighted by molar-refractivity contribution is 5.91. The molecule has 0 saturated carbocycles. The SMILES string of the molecule is Cc1nc(NC(=O)C2CCCN(c3ncccn3)C2)n[nH]1. The minimum atomic E-state index is -0.110. The zero-order valence-corrected chi connectivity index (χ0v) is 11.8. The molecule has 1 fully saturated rings. The summed E-state index contributed by atoms with van der Waals surface area (Å²) in [5.74, 6) is 1.50. The third-order valence-electron chi connectivity index (χ3n) is 3.46. The standard InChI is InChI=1S/C13H17N7O/c1-9-16-12(19-18-9)17-11(21)10-4-2-7-20(8-10)13-14-5-3-6-15-13/h3,5-6,10H,2,4,7-8H2,1H3,(H2,16,17,18,19,21). The highest BCUT2D eigenvalue weighted by Crippen LogP contribution is 2.20. The van der Waals surface area contributed by atoms with Gasteiger partial charge in [0.1, 0.15) is 5.82 Å². The van der Waals surface area contributed by atoms with Crippen LogP contribution in [0.15, 0.2) is 18.5 Å². The number of nitrogens with one attached hydrogen (secondary N) is 2. The van der Waals surface area contributed by atoms with Crippen LogP contribution in [0.5, 0.6) is 0 Å². The van der Waals surface area contributed by atoms with Gasteiger partial charge >= 0.3 is 0 Å². The first-order valence-electron chi connectivity index (χ1n) is 6.94. The molecule has 1 aliphatic rings. The van der Waals surface area contributed by atoms with Crippen molar-refractivity contribution < 1.29 is 4.79 Å². The van der Waals surface area contributed by atoms with Crippen LogP contribution in [0.25, 0.3) is 0 Å². The topological polar surface area (TPSA) is 99.7 Å². The lowest BCUT2D eigenvalue weighted by molar-refractivity contribution is -0.120. The van der Waals surface area contributed by atoms with Crippen LogP contribution in [0.3, 0.4) is 0 Å². The van der Waals surface area contributed by atoms with Gasteiger partial charge < -0.3 is 4.90 Å². The van der Waals surface area contributed by atoms with Crippen molar-refractivity contribution in [2.75, 3.05) is 23.3 Å². The number of amides is 1. The molecule has 8 heteroatoms. The van der Waals surface area contributed by atoms with Crippen LogP contribution in [0.2, 0.25) is 0 Å². The molecule has 0 aromatic carbocycles. The summed E-state index contributed by atoms with van der Waals surface area (Å²) in [6, 6.07) is 1.78. The Morgan fingerprint density at radius 1 is 1.43 bits per heavy atom. The Bertz CT molecular complexity index is 612. The van der Waals surface area contributed by atoms with Crippen molar-refractivity contribution in [2.45, 2.75) is 19.8 Å². The fourth-order valence-electron chi connectivity index (χ4n) is 2.44. The first-order valence-corrected chi connectivity index (χ1v) is 6.94. The Hall–Kier alpha value is -2.51. The zero-order chi connectivity index (χ0) is 14.7. The van der Waals surface area contributed by atoms with Crippen LogP contribution in [0.4, 0.5) is 11.9 Å². The smallest absolute Gasteiger partial charge is 0.248 e. The average Bonchev–Trinajstić information content (AvgIpc) is 2.93. The molecular weight excluding hydrogens is 270 g/mol. The molecule has 2 N–H and O–H groups in total. The summed E-state index contributed by atoms with van der Waals surface area (Å²) in [6.07, 6.45) is 5.20. The van der Waals surface area contributed by atoms with Crippen molar-refractivity contribution in [2.24, 2.45) is 5.92 Å². The molecule has 21 heavy (non-hydrogen) atoms. The highest BCUT2D eigenvalue weighted by atomic mass is 16.2. The van der Waals surface area contributed by atoms with E-state index in [0.717, 1.165) is 19.4 Å². The van der Waals surface area contributed by atoms with E-state index in [1.165, 1.54) is 0 Å². The van der Waals surface area contributed by atoms with E-state index in [1.807, 2.05) is 4.90 Å². The highest BCUT2D eigenvalue weighted by Gasteiger charge is 2.27. The summed E-state index contributed by atoms with van der Waals surface area (Å²) in [6.45, 7) is 3.27. The average molecular weight is 287 g/mol. The van der Waals surface area contributed by atoms with Crippen molar-refractivity contribution in [3.8, 4) is 0 Å². The van der Waals surface area contributed by atoms with E-state index in [-0.39, 0.29) is 11.8 Å². The number of anilines is 2. The first kappa shape index (κ1) is 13.5. The largest absolute Gasteiger partial charge is 0.340 e. The lowest BCUT2D eigenvalue weighted by Gasteiger charge is -2.31. The molecule has 2 aromatic rings. The Morgan fingerprint density at radius 3 is 2.95 bits per heavy atom. The van der Waals surface area contributed by atoms with Crippen molar-refractivity contribution in [3.05, 3.63) is 24.3 Å². The van der Waals surface area contributed by atoms with E-state index < -0.39 is 0 Å². The Morgan fingerprint density at radius 2 is 2.24 bits per heavy atom. The lowest BCUT2D eigenvalue weighted by atomic mass is 9.97. The zero-order valence-electron chi connectivity index (χ0n) is 11.8. The number of carbonyl (C=O) groups is 1. The molecule has 1 atom stereocenters. The quantitative estimate of drug-likeness (QED) is 0.864. The van der Waals surface area contributed by atoms with Gasteiger partial charge in [0, 0.05) is 25.5 Å². The summed E-state index contributed by atoms with van der Waals surface area (Å²) < 4.78 is 0. The maximum atomic E-state index is 12.3. The van der Waals surface area contributed by atoms with Crippen molar-refractivity contribution in [1.82, 2.24) is 25.1 Å². The number of H-pyrrole nitrogens is 1. The van der Waals surface area contributed by atoms with Crippen molar-refractivity contribution >= 4 is 17.8 Å². The van der Waals surface area contributed by atoms with Crippen molar-refractivity contribution in [1.29, 1.82) is 0 Å². The summed E-state index contributed by atoms with van der Waals surface area (Å²) >= 11 is 0. The summed E-state index contributed by atoms with van der Waals surface area (Å²) in [4.78, 5) is 26.9. The molecular formula is C13H17N7O. The maximum absolute atomic E-state index is 12.3. The van der Waals surface area contributed by atoms with Crippen LogP contribution < -0.4 is 10.2 Å². The number of hydrogen-bond acceptors (Lipinski definition) is 6. The summed E-state index contributed by atoms with van der Waals surface area (Å²) in [5, 5.41) is 9.37. The maximum Gasteiger partial charge on any atom is 0.248 e. The fraction of sp³-hybridized carbons (Fsp3) is 0.462. The monoisotopic (exact) mass is 287 g/mol. The van der Waals surface area contributed by atoms with Gasteiger partial charge in [-0.3, -0.25) is 15.2 Å². The molecule has 0 spiro atoms. The Kier molecular flexibility index (Phi) is 3.76. The fourth-order valence-corrected chi connectivity index (χ4v) is 2.44. The summed E-state index contributed by atoms with van der Waals surface area (Å²) in [5.41, 5.74) is 0. The Balaban J connectivity index is 1.64. The molecule has 1 aliphatic heterocycles. The number of piperidine rings is 1. The number of aromatic nitrogens is 5. The van der Waals surface area contributed by atoms with Gasteiger partial charge in [-0.05, 0) is 25.8 Å². The van der Waals surface area contributed by atoms with Gasteiger partial charge in [0.05, 0.1) is 5.92 Å². The molecule has 3 rings (SSSR count). The third-order valence-corrected chi connectivity index (χ3v) is 3.46. The van der Waals surface area contributed by atoms with Crippen molar-refractivity contribution in [3.63, 3.8) is 0 Å². The predicted octanol–water partition coefficient (Wildman–Crippen LogP) is 0.758. The van der Waals surface area contributed by atoms with Crippen LogP contribution in [-0.4, -0.2) is 44.1 Å². The second-order valence-corrected chi connectivity index (χ2v) is 5.07. The lowest BCUT2D eigenvalue weighted by Crippen LogP contribution is -2.41. The van der Waals surface area contributed by atoms with Crippen LogP contribution in [-0.2, 0) is 4.79 Å². The number of aromatic amines is 1. The van der Waals surface area contributed by atoms with Gasteiger partial charge in [-0.1, -0.05) is 0 Å². The number of hydrogen-bond donors (Lipinski definition) is 2. The molecule has 0 radical (unpaired) electrons. The van der Waals surface area contributed by atoms with E-state index in [0.29, 0.717) is 24.3 Å². The molecule has 1 unspecified atom stereocenters. The molecule has 1 amide bonds. The predicted molar refractivity (Wildman–Crippen MR) is 76.7 cm³/mol. The second kappa shape index (κ2) is 5.86. The molecule has 1 saturated heterocycles. The van der Waals surface area contributed by atoms with Crippen LogP contribution >= 0.6 is 0 Å². The van der Waals surface area contributed by atoms with Gasteiger partial charge in [0.15, 0.2) is 0 Å². The van der Waals surface area contributed by atoms with Gasteiger partial charge in [-0.15, -0.1) is 5.10 Å². The number of nitrogens with zero attached hydrogens (tertiary/aromatic N) is 5. The second-order valence-electron chi connectivity index (χ2n) is 5.07. The number of carbonyl (C=O) groups excluding carboxylic acids is 1. The molecule has 2 aromatic heterocycles. The van der Waals surface area contributed by atoms with Gasteiger partial charge in [-0.25, -0.2) is 9.97 Å². The molecule has 0 bridgehead atoms. The van der Waals surface area contributed by atoms with Crippen LogP contribution in [0, 0.1) is 12.8 Å². The normalized spacial score (nSPS) is 18.5. The molecule has 0 aliphatic carbocycles. The first-order chi connectivity index (χ1) is 10.2. The van der Waals surface area contributed by atoms with E-state index in [2.05, 4.69) is 30.5 Å².